The predicted molar refractivity (Wildman–Crippen MR) is 89.1 cm³/mol. The van der Waals surface area contributed by atoms with Crippen LogP contribution in [-0.2, 0) is 0 Å². The average Bonchev–Trinajstić information content (AvgIpc) is 2.43. The molecule has 0 aliphatic carbocycles. The quantitative estimate of drug-likeness (QED) is 0.850. The third kappa shape index (κ3) is 3.34. The summed E-state index contributed by atoms with van der Waals surface area (Å²) in [7, 11) is 3.98. The maximum absolute atomic E-state index is 12.3. The second-order valence-electron chi connectivity index (χ2n) is 5.42. The van der Waals surface area contributed by atoms with E-state index in [2.05, 4.69) is 5.32 Å². The molecule has 0 spiro atoms. The van der Waals surface area contributed by atoms with Crippen molar-refractivity contribution in [2.45, 2.75) is 13.8 Å². The Balaban J connectivity index is 2.21. The average molecular weight is 283 g/mol. The Morgan fingerprint density at radius 3 is 2.33 bits per heavy atom. The second kappa shape index (κ2) is 5.87. The highest BCUT2D eigenvalue weighted by atomic mass is 16.1. The lowest BCUT2D eigenvalue weighted by Crippen LogP contribution is -2.14. The van der Waals surface area contributed by atoms with Gasteiger partial charge in [-0.15, -0.1) is 0 Å². The lowest BCUT2D eigenvalue weighted by molar-refractivity contribution is 0.102. The Hall–Kier alpha value is -2.49. The minimum absolute atomic E-state index is 0.151. The van der Waals surface area contributed by atoms with E-state index in [1.807, 2.05) is 57.1 Å². The van der Waals surface area contributed by atoms with Gasteiger partial charge in [-0.05, 0) is 55.3 Å². The number of benzene rings is 2. The maximum atomic E-state index is 12.3. The van der Waals surface area contributed by atoms with Crippen LogP contribution < -0.4 is 16.0 Å². The lowest BCUT2D eigenvalue weighted by atomic mass is 10.1. The standard InChI is InChI=1S/C17H21N3O/c1-11-5-6-13(10-15(11)18)17(21)19-16-8-7-14(20(3)4)9-12(16)2/h5-10H,18H2,1-4H3,(H,19,21). The molecule has 21 heavy (non-hydrogen) atoms. The lowest BCUT2D eigenvalue weighted by Gasteiger charge is -2.15. The third-order valence-corrected chi connectivity index (χ3v) is 3.52. The van der Waals surface area contributed by atoms with Crippen LogP contribution in [0.4, 0.5) is 17.1 Å². The number of nitrogen functional groups attached to an aromatic ring is 1. The Morgan fingerprint density at radius 2 is 1.76 bits per heavy atom. The van der Waals surface area contributed by atoms with E-state index < -0.39 is 0 Å². The van der Waals surface area contributed by atoms with Crippen LogP contribution in [0.3, 0.4) is 0 Å². The number of hydrogen-bond donors (Lipinski definition) is 2. The number of hydrogen-bond acceptors (Lipinski definition) is 3. The minimum Gasteiger partial charge on any atom is -0.398 e. The molecule has 4 nitrogen and oxygen atoms in total. The molecule has 2 aromatic rings. The van der Waals surface area contributed by atoms with Gasteiger partial charge in [-0.2, -0.15) is 0 Å². The Labute approximate surface area is 125 Å². The molecule has 0 saturated heterocycles. The number of amides is 1. The van der Waals surface area contributed by atoms with Gasteiger partial charge in [-0.3, -0.25) is 4.79 Å². The summed E-state index contributed by atoms with van der Waals surface area (Å²) in [5, 5.41) is 2.93. The number of anilines is 3. The fourth-order valence-corrected chi connectivity index (χ4v) is 2.04. The van der Waals surface area contributed by atoms with E-state index in [-0.39, 0.29) is 5.91 Å². The van der Waals surface area contributed by atoms with Crippen molar-refractivity contribution in [1.82, 2.24) is 0 Å². The summed E-state index contributed by atoms with van der Waals surface area (Å²) >= 11 is 0. The van der Waals surface area contributed by atoms with Crippen molar-refractivity contribution in [3.8, 4) is 0 Å². The highest BCUT2D eigenvalue weighted by Crippen LogP contribution is 2.22. The monoisotopic (exact) mass is 283 g/mol. The van der Waals surface area contributed by atoms with Gasteiger partial charge < -0.3 is 16.0 Å². The summed E-state index contributed by atoms with van der Waals surface area (Å²) < 4.78 is 0. The van der Waals surface area contributed by atoms with Crippen molar-refractivity contribution in [2.75, 3.05) is 30.0 Å². The van der Waals surface area contributed by atoms with Crippen molar-refractivity contribution >= 4 is 23.0 Å². The summed E-state index contributed by atoms with van der Waals surface area (Å²) in [4.78, 5) is 14.3. The first-order valence-electron chi connectivity index (χ1n) is 6.84. The molecule has 110 valence electrons. The maximum Gasteiger partial charge on any atom is 0.255 e. The van der Waals surface area contributed by atoms with Crippen LogP contribution in [-0.4, -0.2) is 20.0 Å². The van der Waals surface area contributed by atoms with Crippen molar-refractivity contribution in [3.63, 3.8) is 0 Å². The summed E-state index contributed by atoms with van der Waals surface area (Å²) in [6.45, 7) is 3.90. The first-order valence-corrected chi connectivity index (χ1v) is 6.84. The first-order chi connectivity index (χ1) is 9.88. The van der Waals surface area contributed by atoms with Crippen LogP contribution in [0.25, 0.3) is 0 Å². The van der Waals surface area contributed by atoms with E-state index >= 15 is 0 Å². The van der Waals surface area contributed by atoms with Crippen LogP contribution in [0, 0.1) is 13.8 Å². The zero-order valence-electron chi connectivity index (χ0n) is 12.9. The van der Waals surface area contributed by atoms with E-state index in [9.17, 15) is 4.79 Å². The number of aryl methyl sites for hydroxylation is 2. The highest BCUT2D eigenvalue weighted by Gasteiger charge is 2.09. The number of carbonyl (C=O) groups is 1. The molecular formula is C17H21N3O. The molecule has 0 aliphatic heterocycles. The van der Waals surface area contributed by atoms with Gasteiger partial charge in [0.15, 0.2) is 0 Å². The molecule has 0 fully saturated rings. The van der Waals surface area contributed by atoms with Crippen LogP contribution in [0.15, 0.2) is 36.4 Å². The minimum atomic E-state index is -0.151. The number of carbonyl (C=O) groups excluding carboxylic acids is 1. The van der Waals surface area contributed by atoms with E-state index in [4.69, 9.17) is 5.73 Å². The summed E-state index contributed by atoms with van der Waals surface area (Å²) in [5.74, 6) is -0.151. The van der Waals surface area contributed by atoms with Gasteiger partial charge in [0.25, 0.3) is 5.91 Å². The molecule has 0 saturated carbocycles. The molecule has 0 heterocycles. The topological polar surface area (TPSA) is 58.4 Å². The number of nitrogens with one attached hydrogen (secondary N) is 1. The van der Waals surface area contributed by atoms with Crippen molar-refractivity contribution in [1.29, 1.82) is 0 Å². The first kappa shape index (κ1) is 14.9. The largest absolute Gasteiger partial charge is 0.398 e. The third-order valence-electron chi connectivity index (χ3n) is 3.52. The Morgan fingerprint density at radius 1 is 1.05 bits per heavy atom. The van der Waals surface area contributed by atoms with Gasteiger partial charge in [0.2, 0.25) is 0 Å². The molecule has 4 heteroatoms. The van der Waals surface area contributed by atoms with Gasteiger partial charge in [-0.25, -0.2) is 0 Å². The fourth-order valence-electron chi connectivity index (χ4n) is 2.04. The molecule has 0 unspecified atom stereocenters. The molecule has 0 aromatic heterocycles. The Bertz CT molecular complexity index is 678. The summed E-state index contributed by atoms with van der Waals surface area (Å²) in [6.07, 6.45) is 0. The molecule has 2 aromatic carbocycles. The van der Waals surface area contributed by atoms with Crippen LogP contribution in [0.2, 0.25) is 0 Å². The van der Waals surface area contributed by atoms with E-state index in [1.165, 1.54) is 0 Å². The summed E-state index contributed by atoms with van der Waals surface area (Å²) in [5.41, 5.74) is 10.9. The van der Waals surface area contributed by atoms with E-state index in [0.717, 1.165) is 22.5 Å². The zero-order valence-corrected chi connectivity index (χ0v) is 12.9. The second-order valence-corrected chi connectivity index (χ2v) is 5.42. The molecule has 0 bridgehead atoms. The Kier molecular flexibility index (Phi) is 4.17. The SMILES string of the molecule is Cc1ccc(C(=O)Nc2ccc(N(C)C)cc2C)cc1N. The number of rotatable bonds is 3. The predicted octanol–water partition coefficient (Wildman–Crippen LogP) is 3.20. The smallest absolute Gasteiger partial charge is 0.255 e. The number of nitrogens with zero attached hydrogens (tertiary/aromatic N) is 1. The van der Waals surface area contributed by atoms with Gasteiger partial charge in [0.05, 0.1) is 0 Å². The molecule has 0 atom stereocenters. The van der Waals surface area contributed by atoms with Crippen molar-refractivity contribution in [2.24, 2.45) is 0 Å². The molecule has 2 rings (SSSR count). The van der Waals surface area contributed by atoms with E-state index in [1.54, 1.807) is 12.1 Å². The van der Waals surface area contributed by atoms with Crippen LogP contribution in [0.1, 0.15) is 21.5 Å². The summed E-state index contributed by atoms with van der Waals surface area (Å²) in [6, 6.07) is 11.3. The van der Waals surface area contributed by atoms with Crippen LogP contribution in [0.5, 0.6) is 0 Å². The van der Waals surface area contributed by atoms with Gasteiger partial charge in [0, 0.05) is 36.7 Å². The normalized spacial score (nSPS) is 10.3. The molecule has 3 N–H and O–H groups in total. The molecule has 0 radical (unpaired) electrons. The fraction of sp³-hybridized carbons (Fsp3) is 0.235. The van der Waals surface area contributed by atoms with Gasteiger partial charge in [-0.1, -0.05) is 6.07 Å². The number of nitrogens with two attached hydrogens (primary N) is 1. The van der Waals surface area contributed by atoms with Crippen molar-refractivity contribution < 1.29 is 4.79 Å². The van der Waals surface area contributed by atoms with E-state index in [0.29, 0.717) is 11.3 Å². The van der Waals surface area contributed by atoms with Gasteiger partial charge in [0.1, 0.15) is 0 Å². The van der Waals surface area contributed by atoms with Crippen LogP contribution >= 0.6 is 0 Å². The highest BCUT2D eigenvalue weighted by molar-refractivity contribution is 6.05. The molecule has 1 amide bonds. The van der Waals surface area contributed by atoms with Crippen molar-refractivity contribution in [3.05, 3.63) is 53.1 Å². The zero-order chi connectivity index (χ0) is 15.6. The van der Waals surface area contributed by atoms with Gasteiger partial charge >= 0.3 is 0 Å². The molecular weight excluding hydrogens is 262 g/mol. The molecule has 0 aliphatic rings.